The van der Waals surface area contributed by atoms with Crippen LogP contribution in [0, 0.1) is 29.1 Å². The lowest BCUT2D eigenvalue weighted by Gasteiger charge is -2.28. The van der Waals surface area contributed by atoms with Crippen molar-refractivity contribution in [2.24, 2.45) is 17.8 Å². The molecule has 1 heterocycles. The monoisotopic (exact) mass is 241 g/mol. The van der Waals surface area contributed by atoms with Gasteiger partial charge in [0.1, 0.15) is 11.8 Å². The van der Waals surface area contributed by atoms with Gasteiger partial charge in [-0.1, -0.05) is 6.42 Å². The molecule has 94 valence electrons. The van der Waals surface area contributed by atoms with E-state index in [1.165, 1.54) is 25.7 Å². The molecule has 2 bridgehead atoms. The topological polar surface area (TPSA) is 39.9 Å². The molecule has 0 amide bonds. The van der Waals surface area contributed by atoms with Gasteiger partial charge in [0.2, 0.25) is 0 Å². The first-order valence-corrected chi connectivity index (χ1v) is 6.83. The summed E-state index contributed by atoms with van der Waals surface area (Å²) in [6.45, 7) is 1.13. The molecule has 0 aliphatic heterocycles. The second-order valence-electron chi connectivity index (χ2n) is 5.83. The lowest BCUT2D eigenvalue weighted by molar-refractivity contribution is 0.337. The molecule has 2 aliphatic rings. The summed E-state index contributed by atoms with van der Waals surface area (Å²) in [5.41, 5.74) is 1.61. The predicted octanol–water partition coefficient (Wildman–Crippen LogP) is 2.83. The van der Waals surface area contributed by atoms with E-state index < -0.39 is 0 Å². The van der Waals surface area contributed by atoms with Gasteiger partial charge in [0.15, 0.2) is 0 Å². The van der Waals surface area contributed by atoms with E-state index in [-0.39, 0.29) is 0 Å². The van der Waals surface area contributed by atoms with Gasteiger partial charge in [0.05, 0.1) is 11.9 Å². The van der Waals surface area contributed by atoms with Crippen LogP contribution < -0.4 is 4.90 Å². The highest BCUT2D eigenvalue weighted by Crippen LogP contribution is 2.48. The number of pyridine rings is 1. The second kappa shape index (κ2) is 4.61. The van der Waals surface area contributed by atoms with Gasteiger partial charge in [-0.05, 0) is 49.1 Å². The Bertz CT molecular complexity index is 460. The molecule has 2 fully saturated rings. The minimum Gasteiger partial charge on any atom is -0.373 e. The molecule has 18 heavy (non-hydrogen) atoms. The first kappa shape index (κ1) is 11.5. The number of fused-ring (bicyclic) bond motifs is 2. The average molecular weight is 241 g/mol. The van der Waals surface area contributed by atoms with E-state index in [9.17, 15) is 0 Å². The number of hydrogen-bond donors (Lipinski definition) is 0. The number of aromatic nitrogens is 1. The summed E-state index contributed by atoms with van der Waals surface area (Å²) < 4.78 is 0. The van der Waals surface area contributed by atoms with Gasteiger partial charge < -0.3 is 4.90 Å². The first-order chi connectivity index (χ1) is 8.76. The Morgan fingerprint density at radius 3 is 2.83 bits per heavy atom. The van der Waals surface area contributed by atoms with Gasteiger partial charge in [0.25, 0.3) is 0 Å². The van der Waals surface area contributed by atoms with Crippen molar-refractivity contribution >= 4 is 5.69 Å². The molecule has 1 aromatic heterocycles. The maximum absolute atomic E-state index is 8.74. The van der Waals surface area contributed by atoms with Crippen LogP contribution in [0.2, 0.25) is 0 Å². The number of anilines is 1. The van der Waals surface area contributed by atoms with E-state index in [0.717, 1.165) is 30.0 Å². The zero-order valence-corrected chi connectivity index (χ0v) is 10.8. The number of rotatable bonds is 3. The van der Waals surface area contributed by atoms with E-state index in [2.05, 4.69) is 23.0 Å². The highest BCUT2D eigenvalue weighted by Gasteiger charge is 2.39. The Morgan fingerprint density at radius 2 is 2.28 bits per heavy atom. The molecular formula is C15H19N3. The molecular weight excluding hydrogens is 222 g/mol. The molecule has 3 rings (SSSR count). The Morgan fingerprint density at radius 1 is 1.39 bits per heavy atom. The number of hydrogen-bond acceptors (Lipinski definition) is 3. The summed E-state index contributed by atoms with van der Waals surface area (Å²) >= 11 is 0. The third kappa shape index (κ3) is 2.08. The van der Waals surface area contributed by atoms with Crippen LogP contribution in [-0.4, -0.2) is 18.6 Å². The third-order valence-electron chi connectivity index (χ3n) is 4.70. The Hall–Kier alpha value is -1.56. The van der Waals surface area contributed by atoms with Crippen LogP contribution in [0.1, 0.15) is 31.4 Å². The van der Waals surface area contributed by atoms with Gasteiger partial charge in [0, 0.05) is 13.6 Å². The fourth-order valence-corrected chi connectivity index (χ4v) is 3.74. The van der Waals surface area contributed by atoms with E-state index in [1.54, 1.807) is 6.07 Å². The normalized spacial score (nSPS) is 29.2. The highest BCUT2D eigenvalue weighted by molar-refractivity contribution is 5.45. The van der Waals surface area contributed by atoms with E-state index >= 15 is 0 Å². The predicted molar refractivity (Wildman–Crippen MR) is 71.2 cm³/mol. The molecule has 0 aromatic carbocycles. The second-order valence-corrected chi connectivity index (χ2v) is 5.83. The van der Waals surface area contributed by atoms with Crippen molar-refractivity contribution in [3.8, 4) is 6.07 Å². The molecule has 0 saturated heterocycles. The quantitative estimate of drug-likeness (QED) is 0.817. The van der Waals surface area contributed by atoms with Crippen LogP contribution in [0.15, 0.2) is 18.3 Å². The van der Waals surface area contributed by atoms with Crippen LogP contribution in [-0.2, 0) is 0 Å². The smallest absolute Gasteiger partial charge is 0.140 e. The van der Waals surface area contributed by atoms with Crippen molar-refractivity contribution in [1.29, 1.82) is 5.26 Å². The Kier molecular flexibility index (Phi) is 2.95. The Balaban J connectivity index is 1.64. The number of nitrogens with zero attached hydrogens (tertiary/aromatic N) is 3. The highest BCUT2D eigenvalue weighted by atomic mass is 15.1. The van der Waals surface area contributed by atoms with E-state index in [1.807, 2.05) is 12.3 Å². The molecule has 3 atom stereocenters. The van der Waals surface area contributed by atoms with Gasteiger partial charge in [-0.15, -0.1) is 0 Å². The lowest BCUT2D eigenvalue weighted by Crippen LogP contribution is -2.28. The van der Waals surface area contributed by atoms with Gasteiger partial charge >= 0.3 is 0 Å². The first-order valence-electron chi connectivity index (χ1n) is 6.83. The molecule has 0 N–H and O–H groups in total. The van der Waals surface area contributed by atoms with Crippen LogP contribution >= 0.6 is 0 Å². The van der Waals surface area contributed by atoms with Gasteiger partial charge in [-0.25, -0.2) is 4.98 Å². The van der Waals surface area contributed by atoms with Crippen molar-refractivity contribution < 1.29 is 0 Å². The zero-order chi connectivity index (χ0) is 12.5. The fraction of sp³-hybridized carbons (Fsp3) is 0.600. The maximum atomic E-state index is 8.74. The van der Waals surface area contributed by atoms with Crippen LogP contribution in [0.5, 0.6) is 0 Å². The zero-order valence-electron chi connectivity index (χ0n) is 10.8. The minimum atomic E-state index is 0.493. The Labute approximate surface area is 108 Å². The lowest BCUT2D eigenvalue weighted by atomic mass is 9.88. The summed E-state index contributed by atoms with van der Waals surface area (Å²) in [7, 11) is 2.13. The molecule has 3 unspecified atom stereocenters. The molecule has 2 saturated carbocycles. The summed E-state index contributed by atoms with van der Waals surface area (Å²) in [6, 6.07) is 5.86. The average Bonchev–Trinajstić information content (AvgIpc) is 3.01. The van der Waals surface area contributed by atoms with Crippen molar-refractivity contribution in [1.82, 2.24) is 4.98 Å². The largest absolute Gasteiger partial charge is 0.373 e. The van der Waals surface area contributed by atoms with Crippen LogP contribution in [0.25, 0.3) is 0 Å². The molecule has 0 radical (unpaired) electrons. The van der Waals surface area contributed by atoms with E-state index in [0.29, 0.717) is 5.69 Å². The summed E-state index contributed by atoms with van der Waals surface area (Å²) in [4.78, 5) is 6.43. The van der Waals surface area contributed by atoms with Crippen molar-refractivity contribution in [3.05, 3.63) is 24.0 Å². The van der Waals surface area contributed by atoms with Gasteiger partial charge in [-0.3, -0.25) is 0 Å². The molecule has 2 aliphatic carbocycles. The summed E-state index contributed by atoms with van der Waals surface area (Å²) in [6.07, 6.45) is 7.59. The SMILES string of the molecule is CN(CC1CC2CCC1C2)c1ccc(C#N)nc1. The molecule has 3 heteroatoms. The third-order valence-corrected chi connectivity index (χ3v) is 4.70. The minimum absolute atomic E-state index is 0.493. The molecule has 1 aromatic rings. The summed E-state index contributed by atoms with van der Waals surface area (Å²) in [5.74, 6) is 2.83. The summed E-state index contributed by atoms with van der Waals surface area (Å²) in [5, 5.41) is 8.74. The van der Waals surface area contributed by atoms with Crippen LogP contribution in [0.4, 0.5) is 5.69 Å². The molecule has 3 nitrogen and oxygen atoms in total. The van der Waals surface area contributed by atoms with Crippen molar-refractivity contribution in [2.45, 2.75) is 25.7 Å². The van der Waals surface area contributed by atoms with Gasteiger partial charge in [-0.2, -0.15) is 5.26 Å². The fourth-order valence-electron chi connectivity index (χ4n) is 3.74. The van der Waals surface area contributed by atoms with Crippen molar-refractivity contribution in [3.63, 3.8) is 0 Å². The van der Waals surface area contributed by atoms with Crippen LogP contribution in [0.3, 0.4) is 0 Å². The molecule has 0 spiro atoms. The number of nitriles is 1. The maximum Gasteiger partial charge on any atom is 0.140 e. The standard InChI is InChI=1S/C15H19N3/c1-18(15-5-4-14(8-16)17-9-15)10-13-7-11-2-3-12(13)6-11/h4-5,9,11-13H,2-3,6-7,10H2,1H3. The van der Waals surface area contributed by atoms with E-state index in [4.69, 9.17) is 5.26 Å². The van der Waals surface area contributed by atoms with Crippen molar-refractivity contribution in [2.75, 3.05) is 18.5 Å².